The van der Waals surface area contributed by atoms with E-state index in [1.807, 2.05) is 4.90 Å². The number of piperidine rings is 1. The molecule has 3 aromatic rings. The zero-order chi connectivity index (χ0) is 24.3. The summed E-state index contributed by atoms with van der Waals surface area (Å²) < 4.78 is 1.22. The van der Waals surface area contributed by atoms with Gasteiger partial charge in [0.05, 0.1) is 26.1 Å². The van der Waals surface area contributed by atoms with Crippen molar-refractivity contribution in [2.24, 2.45) is 0 Å². The fraction of sp³-hybridized carbons (Fsp3) is 0.406. The van der Waals surface area contributed by atoms with E-state index in [0.717, 1.165) is 25.1 Å². The Bertz CT molecular complexity index is 1160. The number of amides is 1. The van der Waals surface area contributed by atoms with E-state index in [2.05, 4.69) is 80.6 Å². The maximum atomic E-state index is 13.2. The summed E-state index contributed by atoms with van der Waals surface area (Å²) in [5.41, 5.74) is 8.93. The van der Waals surface area contributed by atoms with Crippen LogP contribution >= 0.6 is 0 Å². The number of hydrogen-bond donors (Lipinski definition) is 0. The number of aryl methyl sites for hydroxylation is 1. The second-order valence-electron chi connectivity index (χ2n) is 10.7. The van der Waals surface area contributed by atoms with Crippen LogP contribution in [-0.4, -0.2) is 41.5 Å². The number of carbonyl (C=O) groups excluding carboxylic acids is 1. The van der Waals surface area contributed by atoms with Gasteiger partial charge in [-0.25, -0.2) is 0 Å². The number of carbonyl (C=O) groups is 1. The lowest BCUT2D eigenvalue weighted by Crippen LogP contribution is -2.50. The molecule has 182 valence electrons. The van der Waals surface area contributed by atoms with E-state index >= 15 is 0 Å². The molecule has 0 bridgehead atoms. The molecule has 0 unspecified atom stereocenters. The Hall–Kier alpha value is -2.91. The second-order valence-corrected chi connectivity index (χ2v) is 10.7. The first kappa shape index (κ1) is 23.8. The average molecular weight is 468 g/mol. The van der Waals surface area contributed by atoms with Gasteiger partial charge in [-0.1, -0.05) is 66.2 Å². The summed E-state index contributed by atoms with van der Waals surface area (Å²) in [4.78, 5) is 15.2. The van der Waals surface area contributed by atoms with Crippen LogP contribution in [0.1, 0.15) is 54.0 Å². The van der Waals surface area contributed by atoms with Crippen molar-refractivity contribution in [3.05, 3.63) is 94.5 Å². The molecule has 5 rings (SSSR count). The predicted octanol–water partition coefficient (Wildman–Crippen LogP) is 6.31. The number of nitrogens with zero attached hydrogens (tertiary/aromatic N) is 2. The van der Waals surface area contributed by atoms with Crippen LogP contribution < -0.4 is 0 Å². The first-order valence-electron chi connectivity index (χ1n) is 13.4. The lowest BCUT2D eigenvalue weighted by atomic mass is 9.94. The lowest BCUT2D eigenvalue weighted by Gasteiger charge is -2.41. The summed E-state index contributed by atoms with van der Waals surface area (Å²) >= 11 is 0. The largest absolute Gasteiger partial charge is 0.338 e. The van der Waals surface area contributed by atoms with Gasteiger partial charge in [0.2, 0.25) is 5.91 Å². The van der Waals surface area contributed by atoms with Crippen LogP contribution in [0.15, 0.2) is 66.7 Å². The van der Waals surface area contributed by atoms with Crippen molar-refractivity contribution in [3.8, 4) is 11.1 Å². The zero-order valence-corrected chi connectivity index (χ0v) is 21.4. The standard InChI is InChI=1S/C32H39N2O/c1-3-34(19-5-4-6-20-34)24-27-11-9-26(10-12-27)21-32(35)33-18-17-29-15-16-30(22-31(29)23-33)28-13-7-25(2)8-14-28/h7-16,22H,3-6,17-21,23-24H2,1-2H3/q+1. The molecule has 0 aliphatic carbocycles. The van der Waals surface area contributed by atoms with E-state index in [9.17, 15) is 4.79 Å². The molecule has 1 saturated heterocycles. The predicted molar refractivity (Wildman–Crippen MR) is 144 cm³/mol. The third-order valence-corrected chi connectivity index (χ3v) is 8.29. The molecule has 1 fully saturated rings. The zero-order valence-electron chi connectivity index (χ0n) is 21.4. The van der Waals surface area contributed by atoms with Crippen molar-refractivity contribution in [3.63, 3.8) is 0 Å². The van der Waals surface area contributed by atoms with Gasteiger partial charge in [-0.3, -0.25) is 4.79 Å². The molecule has 3 nitrogen and oxygen atoms in total. The van der Waals surface area contributed by atoms with Crippen LogP contribution in [0.25, 0.3) is 11.1 Å². The van der Waals surface area contributed by atoms with Gasteiger partial charge in [0.25, 0.3) is 0 Å². The molecule has 3 aromatic carbocycles. The Balaban J connectivity index is 1.22. The van der Waals surface area contributed by atoms with Gasteiger partial charge in [0, 0.05) is 18.7 Å². The van der Waals surface area contributed by atoms with Crippen LogP contribution in [0.2, 0.25) is 0 Å². The molecule has 0 aromatic heterocycles. The normalized spacial score (nSPS) is 17.1. The Morgan fingerprint density at radius 3 is 2.23 bits per heavy atom. The summed E-state index contributed by atoms with van der Waals surface area (Å²) in [6.45, 7) is 10.9. The Morgan fingerprint density at radius 2 is 1.51 bits per heavy atom. The summed E-state index contributed by atoms with van der Waals surface area (Å²) in [5.74, 6) is 0.234. The quantitative estimate of drug-likeness (QED) is 0.389. The van der Waals surface area contributed by atoms with Crippen molar-refractivity contribution in [2.75, 3.05) is 26.2 Å². The molecule has 0 spiro atoms. The molecule has 35 heavy (non-hydrogen) atoms. The minimum absolute atomic E-state index is 0.234. The second kappa shape index (κ2) is 10.4. The smallest absolute Gasteiger partial charge is 0.227 e. The average Bonchev–Trinajstić information content (AvgIpc) is 2.90. The topological polar surface area (TPSA) is 20.3 Å². The van der Waals surface area contributed by atoms with E-state index < -0.39 is 0 Å². The Kier molecular flexibility index (Phi) is 7.06. The van der Waals surface area contributed by atoms with E-state index in [1.54, 1.807) is 0 Å². The van der Waals surface area contributed by atoms with Gasteiger partial charge in [0.15, 0.2) is 0 Å². The highest BCUT2D eigenvalue weighted by molar-refractivity contribution is 5.79. The highest BCUT2D eigenvalue weighted by Crippen LogP contribution is 2.27. The molecule has 3 heteroatoms. The monoisotopic (exact) mass is 467 g/mol. The van der Waals surface area contributed by atoms with Crippen molar-refractivity contribution in [1.29, 1.82) is 0 Å². The summed E-state index contributed by atoms with van der Waals surface area (Å²) in [6, 6.07) is 24.3. The molecule has 1 amide bonds. The summed E-state index contributed by atoms with van der Waals surface area (Å²) in [7, 11) is 0. The van der Waals surface area contributed by atoms with E-state index in [4.69, 9.17) is 0 Å². The minimum Gasteiger partial charge on any atom is -0.338 e. The molecule has 0 atom stereocenters. The third kappa shape index (κ3) is 5.51. The maximum absolute atomic E-state index is 13.2. The van der Waals surface area contributed by atoms with Crippen LogP contribution in [0.5, 0.6) is 0 Å². The van der Waals surface area contributed by atoms with Gasteiger partial charge in [-0.15, -0.1) is 0 Å². The van der Waals surface area contributed by atoms with E-state index in [0.29, 0.717) is 13.0 Å². The van der Waals surface area contributed by atoms with Crippen LogP contribution in [0, 0.1) is 6.92 Å². The molecule has 0 saturated carbocycles. The highest BCUT2D eigenvalue weighted by atomic mass is 16.2. The first-order chi connectivity index (χ1) is 17.0. The maximum Gasteiger partial charge on any atom is 0.227 e. The summed E-state index contributed by atoms with van der Waals surface area (Å²) in [6.07, 6.45) is 5.51. The van der Waals surface area contributed by atoms with Gasteiger partial charge >= 0.3 is 0 Å². The van der Waals surface area contributed by atoms with Crippen molar-refractivity contribution in [2.45, 2.75) is 59.0 Å². The van der Waals surface area contributed by atoms with Crippen LogP contribution in [0.3, 0.4) is 0 Å². The summed E-state index contributed by atoms with van der Waals surface area (Å²) in [5, 5.41) is 0. The van der Waals surface area contributed by atoms with Crippen molar-refractivity contribution < 1.29 is 9.28 Å². The number of likely N-dealkylation sites (tertiary alicyclic amines) is 1. The van der Waals surface area contributed by atoms with Gasteiger partial charge in [-0.2, -0.15) is 0 Å². The fourth-order valence-corrected chi connectivity index (χ4v) is 5.90. The fourth-order valence-electron chi connectivity index (χ4n) is 5.90. The number of fused-ring (bicyclic) bond motifs is 1. The number of hydrogen-bond acceptors (Lipinski definition) is 1. The van der Waals surface area contributed by atoms with E-state index in [1.165, 1.54) is 76.8 Å². The van der Waals surface area contributed by atoms with Gasteiger partial charge in [-0.05, 0) is 73.4 Å². The van der Waals surface area contributed by atoms with Crippen molar-refractivity contribution in [1.82, 2.24) is 4.90 Å². The molecule has 2 heterocycles. The first-order valence-corrected chi connectivity index (χ1v) is 13.4. The van der Waals surface area contributed by atoms with Crippen LogP contribution in [-0.2, 0) is 30.7 Å². The molecule has 2 aliphatic rings. The molecule has 2 aliphatic heterocycles. The number of quaternary nitrogens is 1. The molecular formula is C32H39N2O+. The SMILES string of the molecule is CC[N+]1(Cc2ccc(CC(=O)N3CCc4ccc(-c5ccc(C)cc5)cc4C3)cc2)CCCCC1. The third-order valence-electron chi connectivity index (χ3n) is 8.29. The van der Waals surface area contributed by atoms with Gasteiger partial charge in [0.1, 0.15) is 6.54 Å². The Labute approximate surface area is 211 Å². The number of rotatable bonds is 6. The molecule has 0 N–H and O–H groups in total. The van der Waals surface area contributed by atoms with Crippen LogP contribution in [0.4, 0.5) is 0 Å². The van der Waals surface area contributed by atoms with Crippen molar-refractivity contribution >= 4 is 5.91 Å². The minimum atomic E-state index is 0.234. The van der Waals surface area contributed by atoms with E-state index in [-0.39, 0.29) is 5.91 Å². The lowest BCUT2D eigenvalue weighted by molar-refractivity contribution is -0.943. The number of benzene rings is 3. The van der Waals surface area contributed by atoms with Gasteiger partial charge < -0.3 is 9.38 Å². The Morgan fingerprint density at radius 1 is 0.829 bits per heavy atom. The highest BCUT2D eigenvalue weighted by Gasteiger charge is 2.28. The molecule has 0 radical (unpaired) electrons. The molecular weight excluding hydrogens is 428 g/mol.